The van der Waals surface area contributed by atoms with E-state index in [9.17, 15) is 9.59 Å². The molecule has 0 saturated carbocycles. The van der Waals surface area contributed by atoms with Crippen LogP contribution in [0.2, 0.25) is 0 Å². The Hall–Kier alpha value is -0.800. The number of unbranched alkanes of at least 4 members (excludes halogenated alkanes) is 2. The molecule has 1 atom stereocenters. The molecular formula is C13H15Cl2NO2. The first-order valence-corrected chi connectivity index (χ1v) is 6.99. The number of hydrogen-bond donors (Lipinski definition) is 0. The van der Waals surface area contributed by atoms with Gasteiger partial charge in [0.1, 0.15) is 0 Å². The van der Waals surface area contributed by atoms with Crippen molar-refractivity contribution in [3.63, 3.8) is 0 Å². The number of nitrogens with zero attached hydrogens (tertiary/aromatic N) is 1. The van der Waals surface area contributed by atoms with E-state index in [-0.39, 0.29) is 5.38 Å². The van der Waals surface area contributed by atoms with Crippen molar-refractivity contribution < 1.29 is 9.59 Å². The highest BCUT2D eigenvalue weighted by atomic mass is 35.5. The van der Waals surface area contributed by atoms with Gasteiger partial charge in [-0.2, -0.15) is 0 Å². The summed E-state index contributed by atoms with van der Waals surface area (Å²) in [6.45, 7) is 2.64. The molecule has 0 fully saturated rings. The number of ketones is 1. The topological polar surface area (TPSA) is 37.4 Å². The molecule has 0 bridgehead atoms. The number of carbonyl (C=O) groups excluding carboxylic acids is 2. The molecule has 0 N–H and O–H groups in total. The highest BCUT2D eigenvalue weighted by Gasteiger charge is 2.43. The Labute approximate surface area is 116 Å². The molecule has 0 aromatic rings. The van der Waals surface area contributed by atoms with Crippen LogP contribution < -0.4 is 0 Å². The van der Waals surface area contributed by atoms with Gasteiger partial charge in [0, 0.05) is 11.6 Å². The van der Waals surface area contributed by atoms with Gasteiger partial charge in [-0.05, 0) is 12.8 Å². The van der Waals surface area contributed by atoms with Crippen LogP contribution in [0, 0.1) is 0 Å². The zero-order valence-electron chi connectivity index (χ0n) is 10.2. The number of hydrogen-bond acceptors (Lipinski definition) is 2. The highest BCUT2D eigenvalue weighted by molar-refractivity contribution is 6.51. The molecule has 2 rings (SSSR count). The smallest absolute Gasteiger partial charge is 0.299 e. The third kappa shape index (κ3) is 2.21. The largest absolute Gasteiger partial charge is 0.307 e. The number of allylic oxidation sites excluding steroid dienone is 3. The minimum atomic E-state index is -0.520. The van der Waals surface area contributed by atoms with Gasteiger partial charge in [-0.15, -0.1) is 11.6 Å². The molecule has 0 aromatic heterocycles. The molecule has 98 valence electrons. The quantitative estimate of drug-likeness (QED) is 0.453. The van der Waals surface area contributed by atoms with Crippen LogP contribution in [0.25, 0.3) is 0 Å². The summed E-state index contributed by atoms with van der Waals surface area (Å²) in [5.74, 6) is -1.01. The van der Waals surface area contributed by atoms with Crippen molar-refractivity contribution in [3.8, 4) is 0 Å². The molecule has 1 unspecified atom stereocenters. The predicted molar refractivity (Wildman–Crippen MR) is 71.5 cm³/mol. The van der Waals surface area contributed by atoms with Crippen LogP contribution in [-0.4, -0.2) is 28.5 Å². The molecule has 1 heterocycles. The van der Waals surface area contributed by atoms with Crippen molar-refractivity contribution in [2.45, 2.75) is 38.0 Å². The van der Waals surface area contributed by atoms with E-state index in [0.717, 1.165) is 19.3 Å². The second-order valence-corrected chi connectivity index (χ2v) is 5.44. The van der Waals surface area contributed by atoms with Crippen LogP contribution in [0.1, 0.15) is 32.6 Å². The zero-order chi connectivity index (χ0) is 13.3. The van der Waals surface area contributed by atoms with Crippen molar-refractivity contribution in [1.29, 1.82) is 0 Å². The van der Waals surface area contributed by atoms with Gasteiger partial charge in [-0.3, -0.25) is 9.59 Å². The normalized spacial score (nSPS) is 23.6. The van der Waals surface area contributed by atoms with Crippen LogP contribution in [-0.2, 0) is 9.59 Å². The molecule has 1 aliphatic heterocycles. The summed E-state index contributed by atoms with van der Waals surface area (Å²) in [5, 5.41) is 0.0257. The Morgan fingerprint density at radius 2 is 2.11 bits per heavy atom. The van der Waals surface area contributed by atoms with Crippen molar-refractivity contribution in [2.75, 3.05) is 6.54 Å². The minimum Gasteiger partial charge on any atom is -0.307 e. The Balaban J connectivity index is 2.27. The predicted octanol–water partition coefficient (Wildman–Crippen LogP) is 2.98. The Morgan fingerprint density at radius 3 is 2.78 bits per heavy atom. The van der Waals surface area contributed by atoms with Crippen molar-refractivity contribution >= 4 is 34.9 Å². The van der Waals surface area contributed by atoms with E-state index < -0.39 is 11.7 Å². The molecule has 0 spiro atoms. The molecule has 1 aliphatic carbocycles. The number of alkyl halides is 1. The fourth-order valence-corrected chi connectivity index (χ4v) is 2.90. The zero-order valence-corrected chi connectivity index (χ0v) is 11.7. The van der Waals surface area contributed by atoms with Crippen molar-refractivity contribution in [2.24, 2.45) is 0 Å². The number of amides is 1. The summed E-state index contributed by atoms with van der Waals surface area (Å²) < 4.78 is 0. The van der Waals surface area contributed by atoms with Crippen LogP contribution >= 0.6 is 23.2 Å². The molecule has 3 nitrogen and oxygen atoms in total. The number of carbonyl (C=O) groups is 2. The monoisotopic (exact) mass is 287 g/mol. The van der Waals surface area contributed by atoms with Gasteiger partial charge in [0.05, 0.1) is 16.6 Å². The second kappa shape index (κ2) is 5.45. The number of Topliss-reactive ketones (excluding diaryl/α,β-unsaturated/α-hetero) is 1. The lowest BCUT2D eigenvalue weighted by Gasteiger charge is -2.24. The van der Waals surface area contributed by atoms with Gasteiger partial charge in [0.2, 0.25) is 0 Å². The van der Waals surface area contributed by atoms with Gasteiger partial charge in [-0.25, -0.2) is 0 Å². The van der Waals surface area contributed by atoms with Crippen molar-refractivity contribution in [1.82, 2.24) is 4.90 Å². The third-order valence-corrected chi connectivity index (χ3v) is 3.97. The third-order valence-electron chi connectivity index (χ3n) is 3.24. The molecular weight excluding hydrogens is 273 g/mol. The molecule has 18 heavy (non-hydrogen) atoms. The first kappa shape index (κ1) is 13.6. The lowest BCUT2D eigenvalue weighted by Crippen LogP contribution is -2.32. The summed E-state index contributed by atoms with van der Waals surface area (Å²) in [7, 11) is 0. The summed E-state index contributed by atoms with van der Waals surface area (Å²) in [5.41, 5.74) is 0.916. The molecule has 0 aromatic carbocycles. The van der Waals surface area contributed by atoms with Gasteiger partial charge >= 0.3 is 0 Å². The maximum Gasteiger partial charge on any atom is 0.299 e. The van der Waals surface area contributed by atoms with Gasteiger partial charge in [-0.1, -0.05) is 37.4 Å². The summed E-state index contributed by atoms with van der Waals surface area (Å²) in [6.07, 6.45) is 5.23. The average Bonchev–Trinajstić information content (AvgIpc) is 2.60. The molecule has 0 saturated heterocycles. The minimum absolute atomic E-state index is 0.310. The van der Waals surface area contributed by atoms with Crippen LogP contribution in [0.3, 0.4) is 0 Å². The van der Waals surface area contributed by atoms with Crippen LogP contribution in [0.5, 0.6) is 0 Å². The first-order valence-electron chi connectivity index (χ1n) is 6.18. The Bertz CT molecular complexity index is 454. The average molecular weight is 288 g/mol. The van der Waals surface area contributed by atoms with E-state index in [2.05, 4.69) is 6.92 Å². The highest BCUT2D eigenvalue weighted by Crippen LogP contribution is 2.38. The number of rotatable bonds is 4. The fourth-order valence-electron chi connectivity index (χ4n) is 2.31. The first-order chi connectivity index (χ1) is 8.57. The van der Waals surface area contributed by atoms with E-state index in [4.69, 9.17) is 23.2 Å². The Morgan fingerprint density at radius 1 is 1.39 bits per heavy atom. The van der Waals surface area contributed by atoms with E-state index >= 15 is 0 Å². The second-order valence-electron chi connectivity index (χ2n) is 4.51. The van der Waals surface area contributed by atoms with Crippen LogP contribution in [0.15, 0.2) is 22.4 Å². The SMILES string of the molecule is CCCCCN1C(=O)C(=O)C2=C1C(Cl)CC=C2Cl. The van der Waals surface area contributed by atoms with E-state index in [0.29, 0.717) is 29.3 Å². The summed E-state index contributed by atoms with van der Waals surface area (Å²) >= 11 is 12.2. The lowest BCUT2D eigenvalue weighted by atomic mass is 10.0. The van der Waals surface area contributed by atoms with E-state index in [1.54, 1.807) is 6.08 Å². The van der Waals surface area contributed by atoms with Gasteiger partial charge in [0.25, 0.3) is 11.7 Å². The van der Waals surface area contributed by atoms with E-state index in [1.165, 1.54) is 4.90 Å². The van der Waals surface area contributed by atoms with E-state index in [1.807, 2.05) is 0 Å². The van der Waals surface area contributed by atoms with Gasteiger partial charge < -0.3 is 4.90 Å². The number of halogens is 2. The molecule has 0 radical (unpaired) electrons. The van der Waals surface area contributed by atoms with Crippen LogP contribution in [0.4, 0.5) is 0 Å². The molecule has 5 heteroatoms. The lowest BCUT2D eigenvalue weighted by molar-refractivity contribution is -0.139. The summed E-state index contributed by atoms with van der Waals surface area (Å²) in [6, 6.07) is 0. The van der Waals surface area contributed by atoms with Gasteiger partial charge in [0.15, 0.2) is 0 Å². The Kier molecular flexibility index (Phi) is 4.13. The van der Waals surface area contributed by atoms with Crippen molar-refractivity contribution in [3.05, 3.63) is 22.4 Å². The standard InChI is InChI=1S/C13H15Cl2NO2/c1-2-3-4-7-16-11-9(15)6-5-8(14)10(11)12(17)13(16)18/h5,9H,2-4,6-7H2,1H3. The molecule has 2 aliphatic rings. The maximum atomic E-state index is 11.9. The molecule has 1 amide bonds. The summed E-state index contributed by atoms with van der Waals surface area (Å²) in [4.78, 5) is 25.4. The maximum absolute atomic E-state index is 11.9. The fraction of sp³-hybridized carbons (Fsp3) is 0.538.